The zero-order valence-corrected chi connectivity index (χ0v) is 11.6. The van der Waals surface area contributed by atoms with Crippen LogP contribution in [0, 0.1) is 0 Å². The summed E-state index contributed by atoms with van der Waals surface area (Å²) >= 11 is 1.75. The Balaban J connectivity index is 1.64. The van der Waals surface area contributed by atoms with E-state index >= 15 is 0 Å². The molecule has 2 aromatic heterocycles. The van der Waals surface area contributed by atoms with Gasteiger partial charge in [-0.25, -0.2) is 14.8 Å². The molecule has 0 spiro atoms. The number of anilines is 2. The Labute approximate surface area is 120 Å². The van der Waals surface area contributed by atoms with Crippen LogP contribution in [0.15, 0.2) is 29.9 Å². The zero-order chi connectivity index (χ0) is 13.9. The van der Waals surface area contributed by atoms with E-state index in [0.29, 0.717) is 0 Å². The average Bonchev–Trinajstić information content (AvgIpc) is 3.02. The monoisotopic (exact) mass is 290 g/mol. The molecule has 1 saturated heterocycles. The summed E-state index contributed by atoms with van der Waals surface area (Å²) in [6.45, 7) is 3.59. The minimum Gasteiger partial charge on any atom is -0.476 e. The predicted molar refractivity (Wildman–Crippen MR) is 77.7 cm³/mol. The van der Waals surface area contributed by atoms with E-state index in [-0.39, 0.29) is 5.69 Å². The molecule has 6 nitrogen and oxygen atoms in total. The molecule has 0 aliphatic carbocycles. The van der Waals surface area contributed by atoms with Crippen LogP contribution in [0.4, 0.5) is 10.8 Å². The van der Waals surface area contributed by atoms with E-state index in [1.54, 1.807) is 11.3 Å². The summed E-state index contributed by atoms with van der Waals surface area (Å²) in [5.74, 6) is -0.313. The van der Waals surface area contributed by atoms with Crippen LogP contribution in [0.2, 0.25) is 0 Å². The molecule has 1 aliphatic heterocycles. The van der Waals surface area contributed by atoms with Crippen molar-refractivity contribution in [3.63, 3.8) is 0 Å². The molecule has 0 bridgehead atoms. The van der Waals surface area contributed by atoms with Crippen molar-refractivity contribution in [2.45, 2.75) is 0 Å². The van der Waals surface area contributed by atoms with Gasteiger partial charge in [0.25, 0.3) is 0 Å². The van der Waals surface area contributed by atoms with E-state index < -0.39 is 5.97 Å². The fraction of sp³-hybridized carbons (Fsp3) is 0.308. The van der Waals surface area contributed by atoms with Crippen LogP contribution in [0.1, 0.15) is 10.5 Å². The molecular weight excluding hydrogens is 276 g/mol. The fourth-order valence-electron chi connectivity index (χ4n) is 2.20. The quantitative estimate of drug-likeness (QED) is 0.925. The number of nitrogens with zero attached hydrogens (tertiary/aromatic N) is 4. The number of hydrogen-bond acceptors (Lipinski definition) is 6. The van der Waals surface area contributed by atoms with Crippen molar-refractivity contribution in [3.8, 4) is 0 Å². The predicted octanol–water partition coefficient (Wildman–Crippen LogP) is 1.56. The summed E-state index contributed by atoms with van der Waals surface area (Å²) in [6.07, 6.45) is 2.84. The van der Waals surface area contributed by atoms with Crippen LogP contribution in [0.5, 0.6) is 0 Å². The maximum Gasteiger partial charge on any atom is 0.356 e. The van der Waals surface area contributed by atoms with E-state index in [1.807, 2.05) is 0 Å². The van der Waals surface area contributed by atoms with Crippen LogP contribution in [-0.2, 0) is 0 Å². The van der Waals surface area contributed by atoms with Crippen molar-refractivity contribution >= 4 is 28.1 Å². The Morgan fingerprint density at radius 2 is 1.90 bits per heavy atom. The first-order chi connectivity index (χ1) is 9.74. The Kier molecular flexibility index (Phi) is 3.51. The zero-order valence-electron chi connectivity index (χ0n) is 10.8. The van der Waals surface area contributed by atoms with Crippen LogP contribution < -0.4 is 9.80 Å². The molecule has 0 unspecified atom stereocenters. The second-order valence-corrected chi connectivity index (χ2v) is 5.42. The highest BCUT2D eigenvalue weighted by Gasteiger charge is 2.19. The Bertz CT molecular complexity index is 577. The van der Waals surface area contributed by atoms with Gasteiger partial charge in [0.1, 0.15) is 5.82 Å². The van der Waals surface area contributed by atoms with Crippen LogP contribution >= 0.6 is 11.3 Å². The SMILES string of the molecule is O=C(O)c1cnc(N2CCN(c3cccs3)CC2)cn1. The second kappa shape index (κ2) is 5.46. The number of carboxylic acids is 1. The third kappa shape index (κ3) is 2.57. The summed E-state index contributed by atoms with van der Waals surface area (Å²) in [5, 5.41) is 12.2. The Hall–Kier alpha value is -2.15. The van der Waals surface area contributed by atoms with Gasteiger partial charge in [-0.1, -0.05) is 0 Å². The van der Waals surface area contributed by atoms with Crippen LogP contribution in [0.25, 0.3) is 0 Å². The summed E-state index contributed by atoms with van der Waals surface area (Å²) in [7, 11) is 0. The van der Waals surface area contributed by atoms with Gasteiger partial charge in [0.05, 0.1) is 17.4 Å². The summed E-state index contributed by atoms with van der Waals surface area (Å²) in [4.78, 5) is 23.3. The molecule has 0 atom stereocenters. The highest BCUT2D eigenvalue weighted by molar-refractivity contribution is 7.14. The van der Waals surface area contributed by atoms with Crippen molar-refractivity contribution in [1.82, 2.24) is 9.97 Å². The number of carboxylic acid groups (broad SMARTS) is 1. The first-order valence-corrected chi connectivity index (χ1v) is 7.21. The number of aromatic carboxylic acids is 1. The molecule has 20 heavy (non-hydrogen) atoms. The van der Waals surface area contributed by atoms with E-state index in [0.717, 1.165) is 32.0 Å². The smallest absolute Gasteiger partial charge is 0.356 e. The van der Waals surface area contributed by atoms with Gasteiger partial charge in [-0.15, -0.1) is 11.3 Å². The van der Waals surface area contributed by atoms with Gasteiger partial charge < -0.3 is 14.9 Å². The third-order valence-corrected chi connectivity index (χ3v) is 4.21. The van der Waals surface area contributed by atoms with E-state index in [1.165, 1.54) is 17.4 Å². The Morgan fingerprint density at radius 1 is 1.15 bits per heavy atom. The van der Waals surface area contributed by atoms with Crippen molar-refractivity contribution in [2.75, 3.05) is 36.0 Å². The third-order valence-electron chi connectivity index (χ3n) is 3.28. The summed E-state index contributed by atoms with van der Waals surface area (Å²) in [5.41, 5.74) is -0.0222. The molecule has 0 amide bonds. The molecule has 104 valence electrons. The number of aromatic nitrogens is 2. The number of carbonyl (C=O) groups is 1. The minimum absolute atomic E-state index is 0.0222. The topological polar surface area (TPSA) is 69.6 Å². The highest BCUT2D eigenvalue weighted by Crippen LogP contribution is 2.23. The van der Waals surface area contributed by atoms with Gasteiger partial charge >= 0.3 is 5.97 Å². The number of hydrogen-bond donors (Lipinski definition) is 1. The molecule has 7 heteroatoms. The number of piperazine rings is 1. The standard InChI is InChI=1S/C13H14N4O2S/c18-13(19)10-8-15-11(9-14-10)16-3-5-17(6-4-16)12-2-1-7-20-12/h1-2,7-9H,3-6H2,(H,18,19). The average molecular weight is 290 g/mol. The summed E-state index contributed by atoms with van der Waals surface area (Å²) < 4.78 is 0. The molecule has 0 radical (unpaired) electrons. The van der Waals surface area contributed by atoms with E-state index in [9.17, 15) is 4.79 Å². The van der Waals surface area contributed by atoms with Crippen molar-refractivity contribution in [2.24, 2.45) is 0 Å². The normalized spacial score (nSPS) is 15.4. The van der Waals surface area contributed by atoms with Crippen LogP contribution in [0.3, 0.4) is 0 Å². The van der Waals surface area contributed by atoms with Crippen molar-refractivity contribution < 1.29 is 9.90 Å². The molecule has 0 saturated carbocycles. The molecule has 1 aliphatic rings. The molecule has 1 fully saturated rings. The first-order valence-electron chi connectivity index (χ1n) is 6.33. The lowest BCUT2D eigenvalue weighted by Crippen LogP contribution is -2.46. The van der Waals surface area contributed by atoms with Crippen molar-refractivity contribution in [1.29, 1.82) is 0 Å². The lowest BCUT2D eigenvalue weighted by atomic mass is 10.3. The molecule has 3 rings (SSSR count). The fourth-order valence-corrected chi connectivity index (χ4v) is 2.99. The maximum absolute atomic E-state index is 10.7. The summed E-state index contributed by atoms with van der Waals surface area (Å²) in [6, 6.07) is 4.18. The molecule has 3 heterocycles. The lowest BCUT2D eigenvalue weighted by Gasteiger charge is -2.35. The van der Waals surface area contributed by atoms with Crippen molar-refractivity contribution in [3.05, 3.63) is 35.6 Å². The maximum atomic E-state index is 10.7. The molecular formula is C13H14N4O2S. The van der Waals surface area contributed by atoms with Gasteiger partial charge in [0.2, 0.25) is 0 Å². The Morgan fingerprint density at radius 3 is 2.45 bits per heavy atom. The van der Waals surface area contributed by atoms with Gasteiger partial charge in [0, 0.05) is 26.2 Å². The minimum atomic E-state index is -1.05. The van der Waals surface area contributed by atoms with E-state index in [2.05, 4.69) is 37.3 Å². The largest absolute Gasteiger partial charge is 0.476 e. The van der Waals surface area contributed by atoms with Gasteiger partial charge in [-0.3, -0.25) is 0 Å². The second-order valence-electron chi connectivity index (χ2n) is 4.49. The first kappa shape index (κ1) is 12.9. The number of thiophene rings is 1. The molecule has 2 aromatic rings. The van der Waals surface area contributed by atoms with Crippen LogP contribution in [-0.4, -0.2) is 47.2 Å². The number of rotatable bonds is 3. The van der Waals surface area contributed by atoms with Gasteiger partial charge in [0.15, 0.2) is 5.69 Å². The lowest BCUT2D eigenvalue weighted by molar-refractivity contribution is 0.0690. The van der Waals surface area contributed by atoms with E-state index in [4.69, 9.17) is 5.11 Å². The van der Waals surface area contributed by atoms with Gasteiger partial charge in [-0.2, -0.15) is 0 Å². The highest BCUT2D eigenvalue weighted by atomic mass is 32.1. The molecule has 1 N–H and O–H groups in total. The van der Waals surface area contributed by atoms with Gasteiger partial charge in [-0.05, 0) is 17.5 Å². The molecule has 0 aromatic carbocycles.